The number of primary amides is 1. The second kappa shape index (κ2) is 6.24. The van der Waals surface area contributed by atoms with Gasteiger partial charge in [0.1, 0.15) is 12.0 Å². The molecule has 20 heavy (non-hydrogen) atoms. The molecule has 1 heterocycles. The quantitative estimate of drug-likeness (QED) is 0.607. The lowest BCUT2D eigenvalue weighted by molar-refractivity contribution is -0.161. The third-order valence-corrected chi connectivity index (χ3v) is 3.50. The lowest BCUT2D eigenvalue weighted by Gasteiger charge is -2.33. The summed E-state index contributed by atoms with van der Waals surface area (Å²) in [6, 6.07) is -0.609. The van der Waals surface area contributed by atoms with Crippen molar-refractivity contribution in [3.63, 3.8) is 0 Å². The van der Waals surface area contributed by atoms with Crippen LogP contribution < -0.4 is 5.73 Å². The largest absolute Gasteiger partial charge is 0.465 e. The van der Waals surface area contributed by atoms with Crippen molar-refractivity contribution in [1.82, 2.24) is 4.90 Å². The molecule has 1 fully saturated rings. The summed E-state index contributed by atoms with van der Waals surface area (Å²) >= 11 is 0. The zero-order valence-electron chi connectivity index (χ0n) is 12.6. The van der Waals surface area contributed by atoms with E-state index in [-0.39, 0.29) is 12.5 Å². The van der Waals surface area contributed by atoms with Gasteiger partial charge in [-0.3, -0.25) is 14.4 Å². The minimum absolute atomic E-state index is 0.220. The van der Waals surface area contributed by atoms with Crippen LogP contribution in [0.3, 0.4) is 0 Å². The van der Waals surface area contributed by atoms with E-state index >= 15 is 0 Å². The second-order valence-electron chi connectivity index (χ2n) is 6.14. The van der Waals surface area contributed by atoms with Crippen molar-refractivity contribution < 1.29 is 19.1 Å². The molecule has 0 aliphatic carbocycles. The number of rotatable bonds is 4. The fourth-order valence-corrected chi connectivity index (χ4v) is 2.54. The number of esters is 1. The monoisotopic (exact) mass is 284 g/mol. The molecule has 0 aromatic carbocycles. The van der Waals surface area contributed by atoms with E-state index in [2.05, 4.69) is 0 Å². The van der Waals surface area contributed by atoms with Gasteiger partial charge in [0, 0.05) is 6.54 Å². The van der Waals surface area contributed by atoms with E-state index in [1.54, 1.807) is 6.92 Å². The fraction of sp³-hybridized carbons (Fsp3) is 0.786. The average molecular weight is 284 g/mol. The fourth-order valence-electron chi connectivity index (χ4n) is 2.54. The normalized spacial score (nSPS) is 20.6. The van der Waals surface area contributed by atoms with Gasteiger partial charge in [0.2, 0.25) is 11.8 Å². The number of nitrogens with two attached hydrogens (primary N) is 1. The van der Waals surface area contributed by atoms with Gasteiger partial charge in [0.05, 0.1) is 6.61 Å². The van der Waals surface area contributed by atoms with E-state index < -0.39 is 29.3 Å². The first-order chi connectivity index (χ1) is 9.20. The molecule has 2 amide bonds. The van der Waals surface area contributed by atoms with Gasteiger partial charge in [0.15, 0.2) is 0 Å². The first kappa shape index (κ1) is 16.5. The van der Waals surface area contributed by atoms with Crippen LogP contribution in [-0.4, -0.2) is 41.9 Å². The molecule has 1 saturated heterocycles. The zero-order valence-corrected chi connectivity index (χ0v) is 12.6. The maximum atomic E-state index is 12.6. The van der Waals surface area contributed by atoms with E-state index in [0.29, 0.717) is 13.0 Å². The van der Waals surface area contributed by atoms with E-state index in [4.69, 9.17) is 10.5 Å². The van der Waals surface area contributed by atoms with Crippen molar-refractivity contribution in [2.24, 2.45) is 17.1 Å². The van der Waals surface area contributed by atoms with E-state index in [1.807, 2.05) is 20.8 Å². The maximum absolute atomic E-state index is 12.6. The average Bonchev–Trinajstić information content (AvgIpc) is 2.75. The van der Waals surface area contributed by atoms with Crippen molar-refractivity contribution in [2.45, 2.75) is 46.6 Å². The second-order valence-corrected chi connectivity index (χ2v) is 6.14. The van der Waals surface area contributed by atoms with Gasteiger partial charge in [0.25, 0.3) is 0 Å². The molecule has 1 aliphatic heterocycles. The number of ether oxygens (including phenoxy) is 1. The van der Waals surface area contributed by atoms with Crippen molar-refractivity contribution in [3.05, 3.63) is 0 Å². The smallest absolute Gasteiger partial charge is 0.319 e. The third-order valence-electron chi connectivity index (χ3n) is 3.50. The lowest BCUT2D eigenvalue weighted by atomic mass is 9.79. The van der Waals surface area contributed by atoms with E-state index in [0.717, 1.165) is 6.42 Å². The predicted octanol–water partition coefficient (Wildman–Crippen LogP) is 0.688. The molecule has 1 rings (SSSR count). The SMILES string of the molecule is CCOC(=O)C(C(=O)N1CCCC1C(N)=O)C(C)(C)C. The minimum atomic E-state index is -0.914. The Kier molecular flexibility index (Phi) is 5.14. The van der Waals surface area contributed by atoms with Crippen LogP contribution in [0.15, 0.2) is 0 Å². The molecule has 2 unspecified atom stereocenters. The molecule has 0 aromatic rings. The number of nitrogens with zero attached hydrogens (tertiary/aromatic N) is 1. The van der Waals surface area contributed by atoms with E-state index in [1.165, 1.54) is 4.90 Å². The summed E-state index contributed by atoms with van der Waals surface area (Å²) in [4.78, 5) is 37.5. The van der Waals surface area contributed by atoms with Crippen LogP contribution in [0.25, 0.3) is 0 Å². The Morgan fingerprint density at radius 2 is 1.95 bits per heavy atom. The molecule has 0 saturated carbocycles. The zero-order chi connectivity index (χ0) is 15.5. The molecule has 2 atom stereocenters. The standard InChI is InChI=1S/C14H24N2O4/c1-5-20-13(19)10(14(2,3)4)12(18)16-8-6-7-9(16)11(15)17/h9-10H,5-8H2,1-4H3,(H2,15,17). The summed E-state index contributed by atoms with van der Waals surface area (Å²) < 4.78 is 5.00. The summed E-state index contributed by atoms with van der Waals surface area (Å²) in [5, 5.41) is 0. The highest BCUT2D eigenvalue weighted by atomic mass is 16.5. The lowest BCUT2D eigenvalue weighted by Crippen LogP contribution is -2.50. The molecule has 0 spiro atoms. The van der Waals surface area contributed by atoms with Gasteiger partial charge in [-0.2, -0.15) is 0 Å². The first-order valence-corrected chi connectivity index (χ1v) is 6.96. The summed E-state index contributed by atoms with van der Waals surface area (Å²) in [7, 11) is 0. The highest BCUT2D eigenvalue weighted by Crippen LogP contribution is 2.31. The van der Waals surface area contributed by atoms with Gasteiger partial charge in [-0.05, 0) is 25.2 Å². The Morgan fingerprint density at radius 3 is 2.40 bits per heavy atom. The highest BCUT2D eigenvalue weighted by Gasteiger charge is 2.44. The summed E-state index contributed by atoms with van der Waals surface area (Å²) in [5.74, 6) is -2.34. The van der Waals surface area contributed by atoms with Crippen LogP contribution in [-0.2, 0) is 19.1 Å². The Labute approximate surface area is 119 Å². The molecule has 1 aliphatic rings. The summed E-state index contributed by atoms with van der Waals surface area (Å²) in [6.45, 7) is 7.80. The first-order valence-electron chi connectivity index (χ1n) is 6.96. The van der Waals surface area contributed by atoms with Crippen LogP contribution in [0.2, 0.25) is 0 Å². The minimum Gasteiger partial charge on any atom is -0.465 e. The van der Waals surface area contributed by atoms with Crippen LogP contribution in [0.5, 0.6) is 0 Å². The summed E-state index contributed by atoms with van der Waals surface area (Å²) in [6.07, 6.45) is 1.28. The summed E-state index contributed by atoms with van der Waals surface area (Å²) in [5.41, 5.74) is 4.75. The van der Waals surface area contributed by atoms with Crippen molar-refractivity contribution in [1.29, 1.82) is 0 Å². The van der Waals surface area contributed by atoms with Gasteiger partial charge >= 0.3 is 5.97 Å². The van der Waals surface area contributed by atoms with Gasteiger partial charge in [-0.1, -0.05) is 20.8 Å². The van der Waals surface area contributed by atoms with E-state index in [9.17, 15) is 14.4 Å². The van der Waals surface area contributed by atoms with Crippen LogP contribution in [0.4, 0.5) is 0 Å². The molecule has 0 bridgehead atoms. The molecule has 0 radical (unpaired) electrons. The van der Waals surface area contributed by atoms with Gasteiger partial charge in [-0.15, -0.1) is 0 Å². The number of likely N-dealkylation sites (tertiary alicyclic amines) is 1. The van der Waals surface area contributed by atoms with Crippen LogP contribution in [0, 0.1) is 11.3 Å². The number of carbonyl (C=O) groups is 3. The molecule has 6 nitrogen and oxygen atoms in total. The van der Waals surface area contributed by atoms with Gasteiger partial charge in [-0.25, -0.2) is 0 Å². The molecular weight excluding hydrogens is 260 g/mol. The molecule has 0 aromatic heterocycles. The number of carbonyl (C=O) groups excluding carboxylic acids is 3. The Balaban J connectivity index is 2.99. The highest BCUT2D eigenvalue weighted by molar-refractivity contribution is 6.00. The third kappa shape index (κ3) is 3.49. The van der Waals surface area contributed by atoms with Gasteiger partial charge < -0.3 is 15.4 Å². The van der Waals surface area contributed by atoms with Crippen molar-refractivity contribution in [2.75, 3.05) is 13.2 Å². The van der Waals surface area contributed by atoms with Crippen LogP contribution >= 0.6 is 0 Å². The van der Waals surface area contributed by atoms with Crippen molar-refractivity contribution >= 4 is 17.8 Å². The Bertz CT molecular complexity index is 400. The molecule has 114 valence electrons. The maximum Gasteiger partial charge on any atom is 0.319 e. The Morgan fingerprint density at radius 1 is 1.35 bits per heavy atom. The number of hydrogen-bond donors (Lipinski definition) is 1. The number of amides is 2. The topological polar surface area (TPSA) is 89.7 Å². The van der Waals surface area contributed by atoms with Crippen LogP contribution in [0.1, 0.15) is 40.5 Å². The predicted molar refractivity (Wildman–Crippen MR) is 73.5 cm³/mol. The molecule has 2 N–H and O–H groups in total. The Hall–Kier alpha value is -1.59. The molecular formula is C14H24N2O4. The molecule has 6 heteroatoms. The van der Waals surface area contributed by atoms with Crippen molar-refractivity contribution in [3.8, 4) is 0 Å². The number of hydrogen-bond acceptors (Lipinski definition) is 4.